The number of carbonyl (C=O) groups excluding carboxylic acids is 1. The van der Waals surface area contributed by atoms with Crippen LogP contribution >= 0.6 is 0 Å². The fourth-order valence-electron chi connectivity index (χ4n) is 2.52. The Bertz CT molecular complexity index is 988. The molecule has 0 unspecified atom stereocenters. The van der Waals surface area contributed by atoms with E-state index in [1.54, 1.807) is 24.4 Å². The van der Waals surface area contributed by atoms with Gasteiger partial charge in [0.1, 0.15) is 11.8 Å². The van der Waals surface area contributed by atoms with Crippen molar-refractivity contribution in [3.63, 3.8) is 0 Å². The number of benzene rings is 2. The summed E-state index contributed by atoms with van der Waals surface area (Å²) >= 11 is 0. The highest BCUT2D eigenvalue weighted by molar-refractivity contribution is 6.03. The van der Waals surface area contributed by atoms with Crippen LogP contribution in [0.1, 0.15) is 27.2 Å². The Morgan fingerprint density at radius 1 is 1.00 bits per heavy atom. The lowest BCUT2D eigenvalue weighted by atomic mass is 10.1. The summed E-state index contributed by atoms with van der Waals surface area (Å²) in [5.41, 5.74) is 5.20. The van der Waals surface area contributed by atoms with Crippen molar-refractivity contribution in [2.75, 3.05) is 10.6 Å². The molecule has 26 heavy (non-hydrogen) atoms. The van der Waals surface area contributed by atoms with Crippen LogP contribution in [0.5, 0.6) is 0 Å². The maximum atomic E-state index is 12.4. The molecule has 0 bridgehead atoms. The van der Waals surface area contributed by atoms with Gasteiger partial charge in [-0.1, -0.05) is 24.3 Å². The van der Waals surface area contributed by atoms with E-state index in [9.17, 15) is 4.79 Å². The lowest BCUT2D eigenvalue weighted by molar-refractivity contribution is 0.102. The molecule has 1 amide bonds. The van der Waals surface area contributed by atoms with Crippen molar-refractivity contribution in [2.45, 2.75) is 13.8 Å². The van der Waals surface area contributed by atoms with Crippen molar-refractivity contribution in [1.82, 2.24) is 4.98 Å². The zero-order valence-corrected chi connectivity index (χ0v) is 14.6. The van der Waals surface area contributed by atoms with Gasteiger partial charge in [0.25, 0.3) is 5.91 Å². The van der Waals surface area contributed by atoms with Gasteiger partial charge in [-0.2, -0.15) is 5.26 Å². The second-order valence-corrected chi connectivity index (χ2v) is 5.92. The monoisotopic (exact) mass is 342 g/mol. The van der Waals surface area contributed by atoms with Crippen molar-refractivity contribution in [2.24, 2.45) is 0 Å². The Balaban J connectivity index is 1.74. The fourth-order valence-corrected chi connectivity index (χ4v) is 2.52. The molecule has 1 aromatic heterocycles. The van der Waals surface area contributed by atoms with Crippen LogP contribution in [-0.2, 0) is 0 Å². The van der Waals surface area contributed by atoms with Gasteiger partial charge >= 0.3 is 0 Å². The zero-order chi connectivity index (χ0) is 18.5. The number of anilines is 3. The van der Waals surface area contributed by atoms with Gasteiger partial charge in [0.05, 0.1) is 23.1 Å². The maximum Gasteiger partial charge on any atom is 0.274 e. The van der Waals surface area contributed by atoms with E-state index >= 15 is 0 Å². The molecule has 0 aliphatic carbocycles. The predicted octanol–water partition coefficient (Wildman–Crippen LogP) is 4.57. The molecule has 0 radical (unpaired) electrons. The molecule has 3 aromatic rings. The van der Waals surface area contributed by atoms with Crippen molar-refractivity contribution in [3.8, 4) is 6.07 Å². The molecule has 128 valence electrons. The van der Waals surface area contributed by atoms with Crippen LogP contribution < -0.4 is 10.6 Å². The fraction of sp³-hybridized carbons (Fsp3) is 0.0952. The average Bonchev–Trinajstić information content (AvgIpc) is 2.66. The Hall–Kier alpha value is -3.65. The molecule has 2 N–H and O–H groups in total. The number of amides is 1. The largest absolute Gasteiger partial charge is 0.353 e. The van der Waals surface area contributed by atoms with Crippen LogP contribution in [0.15, 0.2) is 60.8 Å². The molecule has 1 heterocycles. The quantitative estimate of drug-likeness (QED) is 0.728. The highest BCUT2D eigenvalue weighted by Gasteiger charge is 2.10. The molecule has 0 aliphatic rings. The minimum atomic E-state index is -0.261. The van der Waals surface area contributed by atoms with Crippen LogP contribution in [0.2, 0.25) is 0 Å². The molecular weight excluding hydrogens is 324 g/mol. The van der Waals surface area contributed by atoms with Gasteiger partial charge in [-0.3, -0.25) is 4.79 Å². The number of rotatable bonds is 4. The molecule has 0 aliphatic heterocycles. The summed E-state index contributed by atoms with van der Waals surface area (Å²) in [6, 6.07) is 18.5. The number of para-hydroxylation sites is 1. The van der Waals surface area contributed by atoms with Crippen LogP contribution in [0.3, 0.4) is 0 Å². The lowest BCUT2D eigenvalue weighted by Crippen LogP contribution is -2.14. The molecule has 2 aromatic carbocycles. The van der Waals surface area contributed by atoms with Gasteiger partial charge in [-0.15, -0.1) is 0 Å². The van der Waals surface area contributed by atoms with Crippen molar-refractivity contribution >= 4 is 23.0 Å². The molecule has 0 fully saturated rings. The Morgan fingerprint density at radius 2 is 1.77 bits per heavy atom. The van der Waals surface area contributed by atoms with Crippen LogP contribution in [-0.4, -0.2) is 10.9 Å². The number of hydrogen-bond acceptors (Lipinski definition) is 4. The first kappa shape index (κ1) is 17.2. The minimum absolute atomic E-state index is 0.261. The summed E-state index contributed by atoms with van der Waals surface area (Å²) in [6.07, 6.45) is 1.58. The summed E-state index contributed by atoms with van der Waals surface area (Å²) in [7, 11) is 0. The first-order chi connectivity index (χ1) is 12.6. The van der Waals surface area contributed by atoms with E-state index in [4.69, 9.17) is 5.26 Å². The number of aromatic nitrogens is 1. The molecule has 0 saturated heterocycles. The average molecular weight is 342 g/mol. The predicted molar refractivity (Wildman–Crippen MR) is 103 cm³/mol. The number of nitriles is 1. The highest BCUT2D eigenvalue weighted by Crippen LogP contribution is 2.21. The topological polar surface area (TPSA) is 77.8 Å². The van der Waals surface area contributed by atoms with Gasteiger partial charge in [0.2, 0.25) is 0 Å². The van der Waals surface area contributed by atoms with E-state index in [2.05, 4.69) is 21.7 Å². The second-order valence-electron chi connectivity index (χ2n) is 5.92. The number of pyridine rings is 1. The third kappa shape index (κ3) is 3.70. The van der Waals surface area contributed by atoms with Crippen LogP contribution in [0.25, 0.3) is 0 Å². The molecule has 3 rings (SSSR count). The number of aryl methyl sites for hydroxylation is 1. The lowest BCUT2D eigenvalue weighted by Gasteiger charge is -2.11. The van der Waals surface area contributed by atoms with E-state index < -0.39 is 0 Å². The summed E-state index contributed by atoms with van der Waals surface area (Å²) in [4.78, 5) is 16.6. The first-order valence-corrected chi connectivity index (χ1v) is 8.18. The van der Waals surface area contributed by atoms with Crippen molar-refractivity contribution in [3.05, 3.63) is 83.2 Å². The van der Waals surface area contributed by atoms with E-state index in [-0.39, 0.29) is 5.91 Å². The standard InChI is InChI=1S/C21H18N4O/c1-14-6-5-9-18(15(14)2)25-21(26)20-11-10-17(13-23-20)24-19-8-4-3-7-16(19)12-22/h3-11,13,24H,1-2H3,(H,25,26). The number of nitrogens with zero attached hydrogens (tertiary/aromatic N) is 2. The van der Waals surface area contributed by atoms with E-state index in [0.717, 1.165) is 16.8 Å². The van der Waals surface area contributed by atoms with E-state index in [1.165, 1.54) is 0 Å². The van der Waals surface area contributed by atoms with Gasteiger partial charge in [-0.05, 0) is 55.3 Å². The summed E-state index contributed by atoms with van der Waals surface area (Å²) in [6.45, 7) is 3.97. The molecule has 5 nitrogen and oxygen atoms in total. The zero-order valence-electron chi connectivity index (χ0n) is 14.6. The number of nitrogens with one attached hydrogen (secondary N) is 2. The molecule has 5 heteroatoms. The van der Waals surface area contributed by atoms with Gasteiger partial charge in [0, 0.05) is 5.69 Å². The molecule has 0 spiro atoms. The Kier molecular flexibility index (Phi) is 4.95. The summed E-state index contributed by atoms with van der Waals surface area (Å²) < 4.78 is 0. The summed E-state index contributed by atoms with van der Waals surface area (Å²) in [5, 5.41) is 15.2. The van der Waals surface area contributed by atoms with Crippen molar-refractivity contribution in [1.29, 1.82) is 5.26 Å². The molecule has 0 atom stereocenters. The number of hydrogen-bond donors (Lipinski definition) is 2. The SMILES string of the molecule is Cc1cccc(NC(=O)c2ccc(Nc3ccccc3C#N)cn2)c1C. The normalized spacial score (nSPS) is 10.0. The summed E-state index contributed by atoms with van der Waals surface area (Å²) in [5.74, 6) is -0.261. The third-order valence-electron chi connectivity index (χ3n) is 4.18. The maximum absolute atomic E-state index is 12.4. The van der Waals surface area contributed by atoms with Crippen molar-refractivity contribution < 1.29 is 4.79 Å². The van der Waals surface area contributed by atoms with Gasteiger partial charge in [0.15, 0.2) is 0 Å². The second kappa shape index (κ2) is 7.49. The Labute approximate surface area is 152 Å². The molecular formula is C21H18N4O. The van der Waals surface area contributed by atoms with E-state index in [0.29, 0.717) is 22.6 Å². The van der Waals surface area contributed by atoms with Crippen LogP contribution in [0.4, 0.5) is 17.1 Å². The highest BCUT2D eigenvalue weighted by atomic mass is 16.1. The first-order valence-electron chi connectivity index (χ1n) is 8.18. The van der Waals surface area contributed by atoms with Gasteiger partial charge < -0.3 is 10.6 Å². The van der Waals surface area contributed by atoms with E-state index in [1.807, 2.05) is 50.2 Å². The minimum Gasteiger partial charge on any atom is -0.353 e. The molecule has 0 saturated carbocycles. The van der Waals surface area contributed by atoms with Gasteiger partial charge in [-0.25, -0.2) is 4.98 Å². The Morgan fingerprint density at radius 3 is 2.50 bits per heavy atom. The smallest absolute Gasteiger partial charge is 0.274 e. The third-order valence-corrected chi connectivity index (χ3v) is 4.18. The number of carbonyl (C=O) groups is 1. The van der Waals surface area contributed by atoms with Crippen LogP contribution in [0, 0.1) is 25.2 Å².